The predicted octanol–water partition coefficient (Wildman–Crippen LogP) is 2.72. The van der Waals surface area contributed by atoms with E-state index in [-0.39, 0.29) is 0 Å². The molecule has 0 aliphatic rings. The normalized spacial score (nSPS) is 11.0. The zero-order chi connectivity index (χ0) is 14.5. The summed E-state index contributed by atoms with van der Waals surface area (Å²) >= 11 is 0. The van der Waals surface area contributed by atoms with E-state index in [0.717, 1.165) is 31.6 Å². The molecule has 0 radical (unpaired) electrons. The van der Waals surface area contributed by atoms with E-state index in [1.165, 1.54) is 22.4 Å². The summed E-state index contributed by atoms with van der Waals surface area (Å²) in [5.74, 6) is 0. The molecule has 2 aromatic rings. The molecule has 0 spiro atoms. The first kappa shape index (κ1) is 14.7. The molecule has 0 atom stereocenters. The summed E-state index contributed by atoms with van der Waals surface area (Å²) in [6, 6.07) is 2.23. The molecule has 0 unspecified atom stereocenters. The molecular formula is C16H24N4. The summed E-state index contributed by atoms with van der Waals surface area (Å²) in [5, 5.41) is 7.99. The highest BCUT2D eigenvalue weighted by atomic mass is 15.3. The quantitative estimate of drug-likeness (QED) is 0.879. The van der Waals surface area contributed by atoms with Gasteiger partial charge in [-0.05, 0) is 31.0 Å². The van der Waals surface area contributed by atoms with Crippen LogP contribution in [0.25, 0.3) is 11.1 Å². The summed E-state index contributed by atoms with van der Waals surface area (Å²) in [6.07, 6.45) is 5.81. The minimum Gasteiger partial charge on any atom is -0.313 e. The van der Waals surface area contributed by atoms with Crippen molar-refractivity contribution in [3.63, 3.8) is 0 Å². The minimum atomic E-state index is 0.862. The third kappa shape index (κ3) is 2.90. The first-order chi connectivity index (χ1) is 9.71. The van der Waals surface area contributed by atoms with Crippen LogP contribution in [0.1, 0.15) is 37.7 Å². The number of rotatable bonds is 6. The van der Waals surface area contributed by atoms with Gasteiger partial charge in [0.2, 0.25) is 0 Å². The second-order valence-corrected chi connectivity index (χ2v) is 4.96. The van der Waals surface area contributed by atoms with Crippen LogP contribution in [0.15, 0.2) is 18.5 Å². The molecule has 2 heterocycles. The summed E-state index contributed by atoms with van der Waals surface area (Å²) in [6.45, 7) is 8.28. The van der Waals surface area contributed by atoms with Gasteiger partial charge in [-0.1, -0.05) is 20.8 Å². The van der Waals surface area contributed by atoms with E-state index in [1.807, 2.05) is 24.1 Å². The average molecular weight is 272 g/mol. The lowest BCUT2D eigenvalue weighted by atomic mass is 10.0. The third-order valence-electron chi connectivity index (χ3n) is 3.57. The highest BCUT2D eigenvalue weighted by Gasteiger charge is 2.15. The van der Waals surface area contributed by atoms with Crippen molar-refractivity contribution in [1.29, 1.82) is 0 Å². The van der Waals surface area contributed by atoms with Crippen molar-refractivity contribution < 1.29 is 0 Å². The monoisotopic (exact) mass is 272 g/mol. The lowest BCUT2D eigenvalue weighted by Crippen LogP contribution is -2.11. The molecule has 0 aliphatic heterocycles. The number of hydrogen-bond acceptors (Lipinski definition) is 3. The van der Waals surface area contributed by atoms with Crippen molar-refractivity contribution in [3.8, 4) is 11.1 Å². The van der Waals surface area contributed by atoms with Gasteiger partial charge in [-0.3, -0.25) is 9.67 Å². The van der Waals surface area contributed by atoms with E-state index in [0.29, 0.717) is 0 Å². The Bertz CT molecular complexity index is 572. The lowest BCUT2D eigenvalue weighted by molar-refractivity contribution is 0.705. The number of nitrogens with one attached hydrogen (secondary N) is 1. The molecule has 2 rings (SSSR count). The van der Waals surface area contributed by atoms with Crippen LogP contribution in [0.5, 0.6) is 0 Å². The van der Waals surface area contributed by atoms with Crippen LogP contribution in [-0.2, 0) is 26.4 Å². The molecule has 1 N–H and O–H groups in total. The van der Waals surface area contributed by atoms with Gasteiger partial charge in [0.05, 0.1) is 5.69 Å². The van der Waals surface area contributed by atoms with E-state index in [4.69, 9.17) is 0 Å². The van der Waals surface area contributed by atoms with Gasteiger partial charge in [0.1, 0.15) is 0 Å². The van der Waals surface area contributed by atoms with E-state index in [9.17, 15) is 0 Å². The van der Waals surface area contributed by atoms with Gasteiger partial charge < -0.3 is 5.32 Å². The minimum absolute atomic E-state index is 0.862. The first-order valence-electron chi connectivity index (χ1n) is 7.40. The summed E-state index contributed by atoms with van der Waals surface area (Å²) < 4.78 is 2.01. The fraction of sp³-hybridized carbons (Fsp3) is 0.500. The third-order valence-corrected chi connectivity index (χ3v) is 3.57. The zero-order valence-corrected chi connectivity index (χ0v) is 12.9. The summed E-state index contributed by atoms with van der Waals surface area (Å²) in [4.78, 5) is 4.40. The lowest BCUT2D eigenvalue weighted by Gasteiger charge is -2.08. The van der Waals surface area contributed by atoms with Crippen LogP contribution in [-0.4, -0.2) is 21.3 Å². The Morgan fingerprint density at radius 2 is 1.95 bits per heavy atom. The van der Waals surface area contributed by atoms with Crippen LogP contribution in [0, 0.1) is 0 Å². The topological polar surface area (TPSA) is 42.7 Å². The Morgan fingerprint density at radius 1 is 1.15 bits per heavy atom. The summed E-state index contributed by atoms with van der Waals surface area (Å²) in [5.41, 5.74) is 6.11. The number of aromatic nitrogens is 3. The van der Waals surface area contributed by atoms with Crippen molar-refractivity contribution in [2.45, 2.75) is 40.2 Å². The molecule has 0 amide bonds. The SMILES string of the molecule is CCNCc1cncc(-c2c(CC)nn(C)c2CC)c1. The molecule has 20 heavy (non-hydrogen) atoms. The summed E-state index contributed by atoms with van der Waals surface area (Å²) in [7, 11) is 2.03. The molecule has 0 bridgehead atoms. The van der Waals surface area contributed by atoms with Gasteiger partial charge in [-0.15, -0.1) is 0 Å². The Kier molecular flexibility index (Phi) is 4.90. The smallest absolute Gasteiger partial charge is 0.0703 e. The Balaban J connectivity index is 2.45. The van der Waals surface area contributed by atoms with E-state index >= 15 is 0 Å². The molecule has 2 aromatic heterocycles. The van der Waals surface area contributed by atoms with Crippen LogP contribution >= 0.6 is 0 Å². The fourth-order valence-electron chi connectivity index (χ4n) is 2.60. The highest BCUT2D eigenvalue weighted by Crippen LogP contribution is 2.28. The van der Waals surface area contributed by atoms with Crippen molar-refractivity contribution in [1.82, 2.24) is 20.1 Å². The van der Waals surface area contributed by atoms with Crippen LogP contribution in [0.2, 0.25) is 0 Å². The molecule has 0 fully saturated rings. The molecule has 0 saturated carbocycles. The van der Waals surface area contributed by atoms with Gasteiger partial charge in [-0.25, -0.2) is 0 Å². The molecule has 0 saturated heterocycles. The van der Waals surface area contributed by atoms with Crippen LogP contribution in [0.4, 0.5) is 0 Å². The maximum atomic E-state index is 4.64. The Hall–Kier alpha value is -1.68. The second kappa shape index (κ2) is 6.66. The maximum absolute atomic E-state index is 4.64. The second-order valence-electron chi connectivity index (χ2n) is 4.96. The molecule has 0 aromatic carbocycles. The average Bonchev–Trinajstić information content (AvgIpc) is 2.81. The van der Waals surface area contributed by atoms with Gasteiger partial charge >= 0.3 is 0 Å². The van der Waals surface area contributed by atoms with Crippen molar-refractivity contribution in [2.75, 3.05) is 6.54 Å². The Labute approximate surface area is 121 Å². The van der Waals surface area contributed by atoms with E-state index < -0.39 is 0 Å². The van der Waals surface area contributed by atoms with E-state index in [2.05, 4.69) is 42.2 Å². The van der Waals surface area contributed by atoms with E-state index in [1.54, 1.807) is 0 Å². The molecule has 4 nitrogen and oxygen atoms in total. The molecular weight excluding hydrogens is 248 g/mol. The zero-order valence-electron chi connectivity index (χ0n) is 12.9. The molecule has 4 heteroatoms. The maximum Gasteiger partial charge on any atom is 0.0703 e. The van der Waals surface area contributed by atoms with Gasteiger partial charge in [0, 0.05) is 42.8 Å². The molecule has 0 aliphatic carbocycles. The Morgan fingerprint density at radius 3 is 2.60 bits per heavy atom. The largest absolute Gasteiger partial charge is 0.313 e. The highest BCUT2D eigenvalue weighted by molar-refractivity contribution is 5.68. The first-order valence-corrected chi connectivity index (χ1v) is 7.40. The fourth-order valence-corrected chi connectivity index (χ4v) is 2.60. The van der Waals surface area contributed by atoms with Gasteiger partial charge in [0.25, 0.3) is 0 Å². The number of hydrogen-bond donors (Lipinski definition) is 1. The van der Waals surface area contributed by atoms with Crippen molar-refractivity contribution in [2.24, 2.45) is 7.05 Å². The van der Waals surface area contributed by atoms with Gasteiger partial charge in [0.15, 0.2) is 0 Å². The van der Waals surface area contributed by atoms with Gasteiger partial charge in [-0.2, -0.15) is 5.10 Å². The standard InChI is InChI=1S/C16H24N4/c1-5-14-16(15(6-2)20(4)19-14)13-8-12(9-17-7-3)10-18-11-13/h8,10-11,17H,5-7,9H2,1-4H3. The number of aryl methyl sites for hydroxylation is 2. The van der Waals surface area contributed by atoms with Crippen LogP contribution in [0.3, 0.4) is 0 Å². The van der Waals surface area contributed by atoms with Crippen molar-refractivity contribution in [3.05, 3.63) is 35.4 Å². The number of pyridine rings is 1. The number of nitrogens with zero attached hydrogens (tertiary/aromatic N) is 3. The van der Waals surface area contributed by atoms with Crippen molar-refractivity contribution >= 4 is 0 Å². The van der Waals surface area contributed by atoms with Crippen LogP contribution < -0.4 is 5.32 Å². The molecule has 108 valence electrons. The predicted molar refractivity (Wildman–Crippen MR) is 82.6 cm³/mol.